The second-order valence-corrected chi connectivity index (χ2v) is 3.71. The van der Waals surface area contributed by atoms with Crippen LogP contribution in [-0.2, 0) is 9.47 Å². The summed E-state index contributed by atoms with van der Waals surface area (Å²) in [5.74, 6) is 0. The zero-order chi connectivity index (χ0) is 9.94. The molecule has 0 fully saturated rings. The van der Waals surface area contributed by atoms with Crippen molar-refractivity contribution in [1.29, 1.82) is 0 Å². The van der Waals surface area contributed by atoms with Crippen molar-refractivity contribution in [3.63, 3.8) is 0 Å². The normalized spacial score (nSPS) is 12.8. The van der Waals surface area contributed by atoms with Crippen molar-refractivity contribution in [3.8, 4) is 0 Å². The maximum atomic E-state index is 5.47. The van der Waals surface area contributed by atoms with Gasteiger partial charge in [0.25, 0.3) is 0 Å². The predicted molar refractivity (Wildman–Crippen MR) is 64.6 cm³/mol. The Kier molecular flexibility index (Phi) is 10.8. The molecule has 0 saturated heterocycles. The summed E-state index contributed by atoms with van der Waals surface area (Å²) in [6, 6.07) is 0. The topological polar surface area (TPSA) is 18.5 Å². The maximum Gasteiger partial charge on any atom is 0.0901 e. The highest BCUT2D eigenvalue weighted by Crippen LogP contribution is 2.00. The van der Waals surface area contributed by atoms with Gasteiger partial charge < -0.3 is 9.47 Å². The number of hydrogen-bond acceptors (Lipinski definition) is 2. The first-order valence-electron chi connectivity index (χ1n) is 4.71. The molecule has 0 aliphatic rings. The second kappa shape index (κ2) is 10.5. The monoisotopic (exact) mass is 298 g/mol. The summed E-state index contributed by atoms with van der Waals surface area (Å²) in [4.78, 5) is 0. The zero-order valence-corrected chi connectivity index (χ0v) is 10.5. The Bertz CT molecular complexity index is 117. The van der Waals surface area contributed by atoms with Crippen LogP contribution in [-0.4, -0.2) is 30.4 Å². The fourth-order valence-corrected chi connectivity index (χ4v) is 1.31. The largest absolute Gasteiger partial charge is 0.379 e. The van der Waals surface area contributed by atoms with Crippen molar-refractivity contribution < 1.29 is 9.47 Å². The number of hydrogen-bond donors (Lipinski definition) is 0. The van der Waals surface area contributed by atoms with E-state index in [1.54, 1.807) is 6.08 Å². The van der Waals surface area contributed by atoms with E-state index in [1.807, 2.05) is 0 Å². The van der Waals surface area contributed by atoms with E-state index in [2.05, 4.69) is 36.1 Å². The molecule has 0 amide bonds. The van der Waals surface area contributed by atoms with Gasteiger partial charge in [-0.05, 0) is 6.42 Å². The van der Waals surface area contributed by atoms with Gasteiger partial charge in [-0.3, -0.25) is 0 Å². The highest BCUT2D eigenvalue weighted by atomic mass is 127. The van der Waals surface area contributed by atoms with E-state index in [0.717, 1.165) is 17.5 Å². The van der Waals surface area contributed by atoms with Gasteiger partial charge >= 0.3 is 0 Å². The summed E-state index contributed by atoms with van der Waals surface area (Å²) in [6.07, 6.45) is 4.30. The van der Waals surface area contributed by atoms with Crippen LogP contribution in [0.3, 0.4) is 0 Å². The Morgan fingerprint density at radius 1 is 1.54 bits per heavy atom. The standard InChI is InChI=1S/C10H19IO2/c1-3-5-7-12-9-10(8-11)13-6-4-2/h4,10H,2-3,5-9H2,1H3. The predicted octanol–water partition coefficient (Wildman–Crippen LogP) is 2.81. The van der Waals surface area contributed by atoms with E-state index in [0.29, 0.717) is 13.2 Å². The molecule has 0 spiro atoms. The van der Waals surface area contributed by atoms with Gasteiger partial charge in [-0.1, -0.05) is 42.0 Å². The number of ether oxygens (including phenoxy) is 2. The minimum Gasteiger partial charge on any atom is -0.379 e. The van der Waals surface area contributed by atoms with E-state index < -0.39 is 0 Å². The minimum atomic E-state index is 0.218. The molecule has 0 aromatic rings. The van der Waals surface area contributed by atoms with Crippen LogP contribution in [0, 0.1) is 0 Å². The van der Waals surface area contributed by atoms with Crippen LogP contribution in [0.1, 0.15) is 19.8 Å². The van der Waals surface area contributed by atoms with Crippen molar-refractivity contribution in [2.75, 3.05) is 24.2 Å². The lowest BCUT2D eigenvalue weighted by molar-refractivity contribution is 0.00783. The van der Waals surface area contributed by atoms with Crippen LogP contribution in [0.4, 0.5) is 0 Å². The molecule has 3 heteroatoms. The summed E-state index contributed by atoms with van der Waals surface area (Å²) in [5.41, 5.74) is 0. The average Bonchev–Trinajstić information content (AvgIpc) is 2.17. The minimum absolute atomic E-state index is 0.218. The highest BCUT2D eigenvalue weighted by molar-refractivity contribution is 14.1. The Morgan fingerprint density at radius 3 is 2.85 bits per heavy atom. The number of rotatable bonds is 9. The summed E-state index contributed by atoms with van der Waals surface area (Å²) in [7, 11) is 0. The van der Waals surface area contributed by atoms with Gasteiger partial charge in [0.15, 0.2) is 0 Å². The molecule has 0 N–H and O–H groups in total. The first-order chi connectivity index (χ1) is 6.35. The molecule has 1 atom stereocenters. The molecule has 2 nitrogen and oxygen atoms in total. The average molecular weight is 298 g/mol. The van der Waals surface area contributed by atoms with Crippen LogP contribution in [0.2, 0.25) is 0 Å². The second-order valence-electron chi connectivity index (χ2n) is 2.83. The lowest BCUT2D eigenvalue weighted by Gasteiger charge is -2.14. The number of halogens is 1. The number of unbranched alkanes of at least 4 members (excludes halogenated alkanes) is 1. The van der Waals surface area contributed by atoms with Gasteiger partial charge in [-0.2, -0.15) is 0 Å². The van der Waals surface area contributed by atoms with Crippen molar-refractivity contribution in [2.45, 2.75) is 25.9 Å². The van der Waals surface area contributed by atoms with Crippen molar-refractivity contribution in [3.05, 3.63) is 12.7 Å². The van der Waals surface area contributed by atoms with E-state index in [4.69, 9.17) is 9.47 Å². The third kappa shape index (κ3) is 8.71. The van der Waals surface area contributed by atoms with Gasteiger partial charge in [0, 0.05) is 11.0 Å². The van der Waals surface area contributed by atoms with Crippen LogP contribution < -0.4 is 0 Å². The van der Waals surface area contributed by atoms with E-state index in [1.165, 1.54) is 6.42 Å². The van der Waals surface area contributed by atoms with Crippen molar-refractivity contribution in [1.82, 2.24) is 0 Å². The first kappa shape index (κ1) is 13.4. The quantitative estimate of drug-likeness (QED) is 0.282. The molecule has 0 aliphatic carbocycles. The smallest absolute Gasteiger partial charge is 0.0901 e. The molecular formula is C10H19IO2. The van der Waals surface area contributed by atoms with E-state index in [9.17, 15) is 0 Å². The molecule has 0 aliphatic heterocycles. The Labute approximate surface area is 94.8 Å². The molecule has 0 heterocycles. The summed E-state index contributed by atoms with van der Waals surface area (Å²) in [6.45, 7) is 7.94. The van der Waals surface area contributed by atoms with Crippen LogP contribution in [0.25, 0.3) is 0 Å². The Morgan fingerprint density at radius 2 is 2.31 bits per heavy atom. The third-order valence-corrected chi connectivity index (χ3v) is 2.55. The highest BCUT2D eigenvalue weighted by Gasteiger charge is 2.05. The van der Waals surface area contributed by atoms with Gasteiger partial charge in [-0.25, -0.2) is 0 Å². The lowest BCUT2D eigenvalue weighted by Crippen LogP contribution is -2.21. The van der Waals surface area contributed by atoms with Crippen LogP contribution >= 0.6 is 22.6 Å². The van der Waals surface area contributed by atoms with Gasteiger partial charge in [0.1, 0.15) is 0 Å². The number of alkyl halides is 1. The summed E-state index contributed by atoms with van der Waals surface area (Å²) < 4.78 is 11.9. The molecule has 0 aromatic heterocycles. The van der Waals surface area contributed by atoms with Crippen molar-refractivity contribution in [2.24, 2.45) is 0 Å². The Balaban J connectivity index is 3.30. The molecule has 0 aromatic carbocycles. The summed E-state index contributed by atoms with van der Waals surface area (Å²) >= 11 is 2.31. The molecule has 0 bridgehead atoms. The van der Waals surface area contributed by atoms with E-state index >= 15 is 0 Å². The van der Waals surface area contributed by atoms with Crippen molar-refractivity contribution >= 4 is 22.6 Å². The molecule has 13 heavy (non-hydrogen) atoms. The molecule has 0 rings (SSSR count). The first-order valence-corrected chi connectivity index (χ1v) is 6.23. The molecule has 1 unspecified atom stereocenters. The van der Waals surface area contributed by atoms with Crippen LogP contribution in [0.15, 0.2) is 12.7 Å². The Hall–Kier alpha value is 0.390. The molecule has 0 radical (unpaired) electrons. The fraction of sp³-hybridized carbons (Fsp3) is 0.800. The molecule has 0 saturated carbocycles. The SMILES string of the molecule is C=CCOC(CI)COCCCC. The summed E-state index contributed by atoms with van der Waals surface area (Å²) in [5, 5.41) is 0. The van der Waals surface area contributed by atoms with Crippen LogP contribution in [0.5, 0.6) is 0 Å². The van der Waals surface area contributed by atoms with Gasteiger partial charge in [-0.15, -0.1) is 6.58 Å². The zero-order valence-electron chi connectivity index (χ0n) is 8.30. The lowest BCUT2D eigenvalue weighted by atomic mass is 10.3. The third-order valence-electron chi connectivity index (χ3n) is 1.57. The fourth-order valence-electron chi connectivity index (χ4n) is 0.803. The molecular weight excluding hydrogens is 279 g/mol. The van der Waals surface area contributed by atoms with E-state index in [-0.39, 0.29) is 6.10 Å². The van der Waals surface area contributed by atoms with Gasteiger partial charge in [0.05, 0.1) is 19.3 Å². The molecule has 78 valence electrons. The maximum absolute atomic E-state index is 5.47. The van der Waals surface area contributed by atoms with Gasteiger partial charge in [0.2, 0.25) is 0 Å².